The van der Waals surface area contributed by atoms with Crippen LogP contribution in [0.15, 0.2) is 12.2 Å². The van der Waals surface area contributed by atoms with Crippen LogP contribution in [0.4, 0.5) is 4.79 Å². The standard InChI is InChI=1S/C34H63NO5S/c1-5-9-12-15-18-21-24-27-39-32(36)29-35(34(38)41-28-8-4)30-33(37)40-31(25-22-19-16-13-10-6-2)26-23-20-17-14-11-7-3/h21,24,31H,5-20,22-23,25-30H2,1-4H3/b24-21-. The number of allylic oxidation sites excluding steroid dienone is 1. The first-order valence-corrected chi connectivity index (χ1v) is 17.9. The lowest BCUT2D eigenvalue weighted by Crippen LogP contribution is -2.39. The maximum absolute atomic E-state index is 13.0. The lowest BCUT2D eigenvalue weighted by atomic mass is 10.0. The maximum atomic E-state index is 13.0. The summed E-state index contributed by atoms with van der Waals surface area (Å²) in [5.74, 6) is -0.300. The fraction of sp³-hybridized carbons (Fsp3) is 0.853. The number of ether oxygens (including phenoxy) is 2. The van der Waals surface area contributed by atoms with Gasteiger partial charge in [0.05, 0.1) is 0 Å². The topological polar surface area (TPSA) is 72.9 Å². The zero-order valence-corrected chi connectivity index (χ0v) is 27.9. The van der Waals surface area contributed by atoms with Crippen molar-refractivity contribution in [3.63, 3.8) is 0 Å². The molecule has 0 atom stereocenters. The maximum Gasteiger partial charge on any atom is 0.326 e. The molecule has 1 amide bonds. The molecule has 7 heteroatoms. The summed E-state index contributed by atoms with van der Waals surface area (Å²) in [5, 5.41) is -0.282. The Morgan fingerprint density at radius 3 is 1.71 bits per heavy atom. The van der Waals surface area contributed by atoms with E-state index in [1.165, 1.54) is 75.5 Å². The molecular weight excluding hydrogens is 534 g/mol. The second kappa shape index (κ2) is 30.0. The van der Waals surface area contributed by atoms with Crippen LogP contribution in [0.2, 0.25) is 0 Å². The number of nitrogens with zero attached hydrogens (tertiary/aromatic N) is 1. The van der Waals surface area contributed by atoms with E-state index in [4.69, 9.17) is 9.47 Å². The van der Waals surface area contributed by atoms with E-state index in [1.807, 2.05) is 19.1 Å². The van der Waals surface area contributed by atoms with E-state index in [0.717, 1.165) is 69.5 Å². The Hall–Kier alpha value is -1.50. The van der Waals surface area contributed by atoms with Gasteiger partial charge in [-0.25, -0.2) is 0 Å². The van der Waals surface area contributed by atoms with Crippen LogP contribution in [0.3, 0.4) is 0 Å². The highest BCUT2D eigenvalue weighted by atomic mass is 32.2. The van der Waals surface area contributed by atoms with Crippen molar-refractivity contribution in [3.8, 4) is 0 Å². The number of esters is 2. The molecule has 0 spiro atoms. The molecule has 0 aromatic heterocycles. The van der Waals surface area contributed by atoms with Gasteiger partial charge in [0.15, 0.2) is 0 Å². The Kier molecular flexibility index (Phi) is 28.9. The van der Waals surface area contributed by atoms with Gasteiger partial charge in [-0.15, -0.1) is 0 Å². The molecule has 6 nitrogen and oxygen atoms in total. The molecule has 240 valence electrons. The average molecular weight is 598 g/mol. The second-order valence-electron chi connectivity index (χ2n) is 11.2. The van der Waals surface area contributed by atoms with Gasteiger partial charge in [-0.2, -0.15) is 0 Å². The van der Waals surface area contributed by atoms with E-state index >= 15 is 0 Å². The van der Waals surface area contributed by atoms with Crippen molar-refractivity contribution >= 4 is 28.9 Å². The van der Waals surface area contributed by atoms with Gasteiger partial charge in [-0.05, 0) is 44.9 Å². The quantitative estimate of drug-likeness (QED) is 0.0507. The molecule has 0 aliphatic heterocycles. The van der Waals surface area contributed by atoms with Gasteiger partial charge in [0, 0.05) is 5.75 Å². The summed E-state index contributed by atoms with van der Waals surface area (Å²) in [7, 11) is 0. The summed E-state index contributed by atoms with van der Waals surface area (Å²) >= 11 is 1.13. The van der Waals surface area contributed by atoms with Gasteiger partial charge in [-0.1, -0.05) is 135 Å². The second-order valence-corrected chi connectivity index (χ2v) is 12.2. The van der Waals surface area contributed by atoms with Crippen LogP contribution < -0.4 is 0 Å². The number of amides is 1. The molecule has 0 radical (unpaired) electrons. The molecule has 0 saturated carbocycles. The van der Waals surface area contributed by atoms with Crippen molar-refractivity contribution in [2.75, 3.05) is 25.4 Å². The fourth-order valence-corrected chi connectivity index (χ4v) is 5.32. The van der Waals surface area contributed by atoms with E-state index in [9.17, 15) is 14.4 Å². The molecule has 41 heavy (non-hydrogen) atoms. The molecule has 0 aliphatic rings. The first kappa shape index (κ1) is 39.5. The van der Waals surface area contributed by atoms with Gasteiger partial charge < -0.3 is 14.4 Å². The van der Waals surface area contributed by atoms with Gasteiger partial charge in [0.25, 0.3) is 5.24 Å². The predicted octanol–water partition coefficient (Wildman–Crippen LogP) is 10.0. The third-order valence-electron chi connectivity index (χ3n) is 7.12. The minimum absolute atomic E-state index is 0.130. The number of carbonyl (C=O) groups is 3. The predicted molar refractivity (Wildman–Crippen MR) is 174 cm³/mol. The molecule has 0 aliphatic carbocycles. The van der Waals surface area contributed by atoms with Crippen molar-refractivity contribution in [2.45, 2.75) is 162 Å². The SMILES string of the molecule is CCCCCC/C=C\COC(=O)CN(CC(=O)OC(CCCCCCCC)CCCCCCCC)C(=O)SCCC. The monoisotopic (exact) mass is 597 g/mol. The number of thioether (sulfide) groups is 1. The molecule has 0 aromatic rings. The zero-order valence-electron chi connectivity index (χ0n) is 27.1. The van der Waals surface area contributed by atoms with Gasteiger partial charge in [0.1, 0.15) is 25.8 Å². The Morgan fingerprint density at radius 2 is 1.15 bits per heavy atom. The number of hydrogen-bond donors (Lipinski definition) is 0. The first-order valence-electron chi connectivity index (χ1n) is 16.9. The lowest BCUT2D eigenvalue weighted by Gasteiger charge is -2.23. The summed E-state index contributed by atoms with van der Waals surface area (Å²) in [6.45, 7) is 8.34. The highest BCUT2D eigenvalue weighted by Crippen LogP contribution is 2.18. The van der Waals surface area contributed by atoms with Gasteiger partial charge in [-0.3, -0.25) is 14.4 Å². The lowest BCUT2D eigenvalue weighted by molar-refractivity contribution is -0.151. The largest absolute Gasteiger partial charge is 0.461 e. The van der Waals surface area contributed by atoms with Crippen molar-refractivity contribution in [2.24, 2.45) is 0 Å². The molecule has 0 bridgehead atoms. The van der Waals surface area contributed by atoms with E-state index in [-0.39, 0.29) is 31.0 Å². The minimum Gasteiger partial charge on any atom is -0.461 e. The number of unbranched alkanes of at least 4 members (excludes halogenated alkanes) is 14. The van der Waals surface area contributed by atoms with Crippen LogP contribution in [0.1, 0.15) is 156 Å². The Morgan fingerprint density at radius 1 is 0.634 bits per heavy atom. The Balaban J connectivity index is 4.88. The van der Waals surface area contributed by atoms with Gasteiger partial charge >= 0.3 is 11.9 Å². The van der Waals surface area contributed by atoms with Crippen LogP contribution in [-0.2, 0) is 19.1 Å². The summed E-state index contributed by atoms with van der Waals surface area (Å²) in [4.78, 5) is 39.6. The van der Waals surface area contributed by atoms with Crippen molar-refractivity contribution < 1.29 is 23.9 Å². The third kappa shape index (κ3) is 25.9. The van der Waals surface area contributed by atoms with Crippen LogP contribution in [0, 0.1) is 0 Å². The van der Waals surface area contributed by atoms with Crippen molar-refractivity contribution in [3.05, 3.63) is 12.2 Å². The zero-order chi connectivity index (χ0) is 30.4. The number of carbonyl (C=O) groups excluding carboxylic acids is 3. The van der Waals surface area contributed by atoms with E-state index in [2.05, 4.69) is 20.8 Å². The molecule has 0 N–H and O–H groups in total. The smallest absolute Gasteiger partial charge is 0.326 e. The molecule has 0 unspecified atom stereocenters. The summed E-state index contributed by atoms with van der Waals surface area (Å²) in [6, 6.07) is 0. The van der Waals surface area contributed by atoms with E-state index < -0.39 is 11.9 Å². The van der Waals surface area contributed by atoms with Crippen LogP contribution in [0.5, 0.6) is 0 Å². The normalized spacial score (nSPS) is 11.3. The highest BCUT2D eigenvalue weighted by Gasteiger charge is 2.24. The number of hydrogen-bond acceptors (Lipinski definition) is 6. The molecular formula is C34H63NO5S. The highest BCUT2D eigenvalue weighted by molar-refractivity contribution is 8.13. The molecule has 0 aromatic carbocycles. The van der Waals surface area contributed by atoms with Crippen molar-refractivity contribution in [1.82, 2.24) is 4.90 Å². The van der Waals surface area contributed by atoms with Crippen molar-refractivity contribution in [1.29, 1.82) is 0 Å². The Bertz CT molecular complexity index is 654. The summed E-state index contributed by atoms with van der Waals surface area (Å²) in [6.07, 6.45) is 26.4. The fourth-order valence-electron chi connectivity index (χ4n) is 4.63. The molecule has 0 saturated heterocycles. The van der Waals surface area contributed by atoms with Crippen LogP contribution in [0.25, 0.3) is 0 Å². The number of rotatable bonds is 28. The minimum atomic E-state index is -0.505. The summed E-state index contributed by atoms with van der Waals surface area (Å²) < 4.78 is 11.2. The Labute approximate surface area is 257 Å². The van der Waals surface area contributed by atoms with Gasteiger partial charge in [0.2, 0.25) is 0 Å². The molecule has 0 rings (SSSR count). The van der Waals surface area contributed by atoms with E-state index in [0.29, 0.717) is 5.75 Å². The van der Waals surface area contributed by atoms with Crippen LogP contribution in [-0.4, -0.2) is 53.6 Å². The van der Waals surface area contributed by atoms with Crippen LogP contribution >= 0.6 is 11.8 Å². The summed E-state index contributed by atoms with van der Waals surface area (Å²) in [5.41, 5.74) is 0. The first-order chi connectivity index (χ1) is 20.0. The molecule has 0 heterocycles. The molecule has 0 fully saturated rings. The third-order valence-corrected chi connectivity index (χ3v) is 8.23. The van der Waals surface area contributed by atoms with E-state index in [1.54, 1.807) is 0 Å². The average Bonchev–Trinajstić information content (AvgIpc) is 2.96.